The van der Waals surface area contributed by atoms with E-state index in [1.54, 1.807) is 6.20 Å². The van der Waals surface area contributed by atoms with Crippen molar-refractivity contribution in [3.8, 4) is 16.9 Å². The lowest BCUT2D eigenvalue weighted by atomic mass is 9.99. The highest BCUT2D eigenvalue weighted by atomic mass is 16.5. The van der Waals surface area contributed by atoms with Crippen LogP contribution < -0.4 is 15.8 Å². The normalized spacial score (nSPS) is 19.0. The molecule has 0 radical (unpaired) electrons. The summed E-state index contributed by atoms with van der Waals surface area (Å²) < 4.78 is 6.21. The Morgan fingerprint density at radius 3 is 2.44 bits per heavy atom. The van der Waals surface area contributed by atoms with Crippen molar-refractivity contribution < 1.29 is 9.53 Å². The number of hydrogen-bond donors (Lipinski definition) is 2. The average Bonchev–Trinajstić information content (AvgIpc) is 2.79. The van der Waals surface area contributed by atoms with Crippen LogP contribution >= 0.6 is 0 Å². The van der Waals surface area contributed by atoms with Gasteiger partial charge in [0.25, 0.3) is 5.91 Å². The zero-order valence-corrected chi connectivity index (χ0v) is 20.6. The minimum Gasteiger partial charge on any atom is -0.482 e. The van der Waals surface area contributed by atoms with Crippen molar-refractivity contribution in [2.75, 3.05) is 18.8 Å². The third-order valence-corrected chi connectivity index (χ3v) is 6.45. The number of rotatable bonds is 5. The summed E-state index contributed by atoms with van der Waals surface area (Å²) in [4.78, 5) is 19.5. The number of carbonyl (C=O) groups is 1. The van der Waals surface area contributed by atoms with Crippen LogP contribution in [0.15, 0.2) is 54.7 Å². The van der Waals surface area contributed by atoms with Gasteiger partial charge in [-0.3, -0.25) is 4.79 Å². The van der Waals surface area contributed by atoms with Crippen LogP contribution in [0.4, 0.5) is 5.82 Å². The fourth-order valence-electron chi connectivity index (χ4n) is 4.75. The van der Waals surface area contributed by atoms with Crippen LogP contribution in [0.3, 0.4) is 0 Å². The van der Waals surface area contributed by atoms with Crippen LogP contribution in [0.5, 0.6) is 5.75 Å². The lowest BCUT2D eigenvalue weighted by Crippen LogP contribution is -2.55. The van der Waals surface area contributed by atoms with E-state index in [2.05, 4.69) is 43.2 Å². The van der Waals surface area contributed by atoms with Gasteiger partial charge in [0.2, 0.25) is 0 Å². The number of hydrogen-bond acceptors (Lipinski definition) is 5. The number of nitrogens with two attached hydrogens (primary N) is 1. The van der Waals surface area contributed by atoms with Gasteiger partial charge in [0, 0.05) is 42.5 Å². The predicted molar refractivity (Wildman–Crippen MR) is 137 cm³/mol. The Hall–Kier alpha value is -3.38. The third kappa shape index (κ3) is 5.07. The van der Waals surface area contributed by atoms with E-state index in [4.69, 9.17) is 10.5 Å². The number of piperazine rings is 1. The number of nitrogen functional groups attached to an aromatic ring is 1. The molecule has 3 unspecified atom stereocenters. The van der Waals surface area contributed by atoms with Crippen molar-refractivity contribution in [3.05, 3.63) is 77.0 Å². The second-order valence-corrected chi connectivity index (χ2v) is 9.43. The van der Waals surface area contributed by atoms with E-state index in [1.165, 1.54) is 5.56 Å². The van der Waals surface area contributed by atoms with Gasteiger partial charge in [0.1, 0.15) is 6.10 Å². The molecule has 1 amide bonds. The standard InChI is InChI=1S/C28H34N4O2/c1-17-8-6-7-9-24(17)21(5)34-26-13-23(14-30-27(26)29)22-10-11-25(18(2)12-22)28(33)32-15-19(3)31-20(4)16-32/h6-14,19-21,31H,15-16H2,1-5H3,(H2,29,30). The van der Waals surface area contributed by atoms with E-state index in [0.29, 0.717) is 24.7 Å². The third-order valence-electron chi connectivity index (χ3n) is 6.45. The van der Waals surface area contributed by atoms with Gasteiger partial charge in [0.05, 0.1) is 0 Å². The maximum absolute atomic E-state index is 13.2. The van der Waals surface area contributed by atoms with Gasteiger partial charge in [-0.25, -0.2) is 4.98 Å². The zero-order chi connectivity index (χ0) is 24.4. The smallest absolute Gasteiger partial charge is 0.254 e. The fourth-order valence-corrected chi connectivity index (χ4v) is 4.75. The van der Waals surface area contributed by atoms with E-state index in [9.17, 15) is 4.79 Å². The minimum absolute atomic E-state index is 0.0794. The Labute approximate surface area is 202 Å². The summed E-state index contributed by atoms with van der Waals surface area (Å²) in [5.41, 5.74) is 12.0. The molecule has 6 nitrogen and oxygen atoms in total. The summed E-state index contributed by atoms with van der Waals surface area (Å²) >= 11 is 0. The molecule has 3 aromatic rings. The molecule has 1 fully saturated rings. The topological polar surface area (TPSA) is 80.5 Å². The van der Waals surface area contributed by atoms with Crippen LogP contribution in [0.2, 0.25) is 0 Å². The molecule has 4 rings (SSSR count). The van der Waals surface area contributed by atoms with Crippen molar-refractivity contribution in [1.29, 1.82) is 0 Å². The van der Waals surface area contributed by atoms with E-state index in [1.807, 2.05) is 55.1 Å². The van der Waals surface area contributed by atoms with Crippen LogP contribution in [-0.4, -0.2) is 41.0 Å². The number of anilines is 1. The molecule has 178 valence electrons. The lowest BCUT2D eigenvalue weighted by molar-refractivity contribution is 0.0673. The number of aromatic nitrogens is 1. The van der Waals surface area contributed by atoms with Crippen LogP contribution in [0, 0.1) is 13.8 Å². The maximum Gasteiger partial charge on any atom is 0.254 e. The van der Waals surface area contributed by atoms with Crippen LogP contribution in [0.25, 0.3) is 11.1 Å². The van der Waals surface area contributed by atoms with E-state index in [0.717, 1.165) is 27.8 Å². The number of amides is 1. The second-order valence-electron chi connectivity index (χ2n) is 9.43. The Morgan fingerprint density at radius 2 is 1.76 bits per heavy atom. The summed E-state index contributed by atoms with van der Waals surface area (Å²) in [6, 6.07) is 16.6. The Balaban J connectivity index is 1.56. The lowest BCUT2D eigenvalue weighted by Gasteiger charge is -2.36. The van der Waals surface area contributed by atoms with Gasteiger partial charge in [-0.1, -0.05) is 36.4 Å². The van der Waals surface area contributed by atoms with Gasteiger partial charge < -0.3 is 20.7 Å². The molecule has 1 aliphatic heterocycles. The van der Waals surface area contributed by atoms with Gasteiger partial charge >= 0.3 is 0 Å². The SMILES string of the molecule is Cc1cc(-c2cnc(N)c(OC(C)c3ccccc3C)c2)ccc1C(=O)N1CC(C)NC(C)C1. The molecule has 6 heteroatoms. The number of ether oxygens (including phenoxy) is 1. The molecule has 34 heavy (non-hydrogen) atoms. The molecule has 3 atom stereocenters. The first kappa shape index (κ1) is 23.8. The molecular weight excluding hydrogens is 424 g/mol. The summed E-state index contributed by atoms with van der Waals surface area (Å²) in [6.45, 7) is 11.7. The van der Waals surface area contributed by atoms with E-state index >= 15 is 0 Å². The van der Waals surface area contributed by atoms with Gasteiger partial charge in [-0.15, -0.1) is 0 Å². The summed E-state index contributed by atoms with van der Waals surface area (Å²) in [5, 5.41) is 3.47. The molecule has 2 aromatic carbocycles. The summed E-state index contributed by atoms with van der Waals surface area (Å²) in [6.07, 6.45) is 1.59. The highest BCUT2D eigenvalue weighted by Crippen LogP contribution is 2.32. The van der Waals surface area contributed by atoms with Crippen molar-refractivity contribution in [2.24, 2.45) is 0 Å². The highest BCUT2D eigenvalue weighted by Gasteiger charge is 2.26. The molecule has 0 bridgehead atoms. The largest absolute Gasteiger partial charge is 0.482 e. The van der Waals surface area contributed by atoms with Gasteiger partial charge in [-0.2, -0.15) is 0 Å². The van der Waals surface area contributed by atoms with Crippen molar-refractivity contribution >= 4 is 11.7 Å². The monoisotopic (exact) mass is 458 g/mol. The van der Waals surface area contributed by atoms with Gasteiger partial charge in [-0.05, 0) is 69.0 Å². The Bertz CT molecular complexity index is 1180. The average molecular weight is 459 g/mol. The zero-order valence-electron chi connectivity index (χ0n) is 20.6. The fraction of sp³-hybridized carbons (Fsp3) is 0.357. The van der Waals surface area contributed by atoms with E-state index < -0.39 is 0 Å². The van der Waals surface area contributed by atoms with Crippen molar-refractivity contribution in [2.45, 2.75) is 52.8 Å². The first-order chi connectivity index (χ1) is 16.2. The maximum atomic E-state index is 13.2. The summed E-state index contributed by atoms with van der Waals surface area (Å²) in [7, 11) is 0. The molecular formula is C28H34N4O2. The molecule has 1 saturated heterocycles. The number of aryl methyl sites for hydroxylation is 2. The molecule has 0 aliphatic carbocycles. The highest BCUT2D eigenvalue weighted by molar-refractivity contribution is 5.96. The van der Waals surface area contributed by atoms with E-state index in [-0.39, 0.29) is 24.1 Å². The molecule has 2 heterocycles. The Morgan fingerprint density at radius 1 is 1.06 bits per heavy atom. The predicted octanol–water partition coefficient (Wildman–Crippen LogP) is 4.91. The number of nitrogens with one attached hydrogen (secondary N) is 1. The quantitative estimate of drug-likeness (QED) is 0.568. The van der Waals surface area contributed by atoms with Crippen molar-refractivity contribution in [3.63, 3.8) is 0 Å². The Kier molecular flexibility index (Phi) is 6.89. The number of benzene rings is 2. The summed E-state index contributed by atoms with van der Waals surface area (Å²) in [5.74, 6) is 0.986. The van der Waals surface area contributed by atoms with Crippen LogP contribution in [0.1, 0.15) is 53.9 Å². The second kappa shape index (κ2) is 9.85. The number of pyridine rings is 1. The first-order valence-corrected chi connectivity index (χ1v) is 11.9. The van der Waals surface area contributed by atoms with Gasteiger partial charge in [0.15, 0.2) is 11.6 Å². The molecule has 3 N–H and O–H groups in total. The van der Waals surface area contributed by atoms with Crippen molar-refractivity contribution in [1.82, 2.24) is 15.2 Å². The van der Waals surface area contributed by atoms with Crippen LogP contribution in [-0.2, 0) is 0 Å². The molecule has 0 saturated carbocycles. The number of carbonyl (C=O) groups excluding carboxylic acids is 1. The molecule has 1 aliphatic rings. The number of nitrogens with zero attached hydrogens (tertiary/aromatic N) is 2. The molecule has 1 aromatic heterocycles. The first-order valence-electron chi connectivity index (χ1n) is 11.9. The molecule has 0 spiro atoms. The minimum atomic E-state index is -0.161.